The van der Waals surface area contributed by atoms with E-state index in [2.05, 4.69) is 10.4 Å². The van der Waals surface area contributed by atoms with Gasteiger partial charge in [0.15, 0.2) is 0 Å². The second kappa shape index (κ2) is 6.09. The van der Waals surface area contributed by atoms with Crippen molar-refractivity contribution in [3.05, 3.63) is 46.2 Å². The van der Waals surface area contributed by atoms with E-state index in [0.29, 0.717) is 18.0 Å². The molecule has 0 aliphatic rings. The number of carbonyl (C=O) groups excluding carboxylic acids is 1. The largest absolute Gasteiger partial charge is 0.326 e. The zero-order valence-corrected chi connectivity index (χ0v) is 12.7. The lowest BCUT2D eigenvalue weighted by Gasteiger charge is -2.10. The van der Waals surface area contributed by atoms with Gasteiger partial charge < -0.3 is 5.32 Å². The van der Waals surface area contributed by atoms with Crippen LogP contribution in [0, 0.1) is 20.8 Å². The van der Waals surface area contributed by atoms with Crippen LogP contribution in [0.25, 0.3) is 0 Å². The van der Waals surface area contributed by atoms with Crippen molar-refractivity contribution in [3.63, 3.8) is 0 Å². The predicted molar refractivity (Wildman–Crippen MR) is 81.1 cm³/mol. The normalized spacial score (nSPS) is 10.6. The lowest BCUT2D eigenvalue weighted by molar-refractivity contribution is -0.116. The van der Waals surface area contributed by atoms with Crippen molar-refractivity contribution in [2.45, 2.75) is 33.7 Å². The zero-order valence-electron chi connectivity index (χ0n) is 11.9. The first-order valence-electron chi connectivity index (χ1n) is 6.53. The number of hydrogen-bond donors (Lipinski definition) is 1. The summed E-state index contributed by atoms with van der Waals surface area (Å²) in [6.07, 6.45) is 1.96. The molecule has 0 radical (unpaired) electrons. The van der Waals surface area contributed by atoms with Gasteiger partial charge in [0.2, 0.25) is 5.91 Å². The molecule has 1 N–H and O–H groups in total. The molecule has 0 bridgehead atoms. The molecule has 0 unspecified atom stereocenters. The Balaban J connectivity index is 1.96. The van der Waals surface area contributed by atoms with E-state index in [1.807, 2.05) is 39.0 Å². The van der Waals surface area contributed by atoms with E-state index in [1.54, 1.807) is 10.9 Å². The first kappa shape index (κ1) is 14.6. The van der Waals surface area contributed by atoms with Crippen molar-refractivity contribution in [2.75, 3.05) is 5.32 Å². The van der Waals surface area contributed by atoms with Crippen molar-refractivity contribution in [2.24, 2.45) is 0 Å². The maximum Gasteiger partial charge on any atom is 0.226 e. The maximum absolute atomic E-state index is 12.0. The minimum absolute atomic E-state index is 0.0234. The Morgan fingerprint density at radius 2 is 2.10 bits per heavy atom. The van der Waals surface area contributed by atoms with Crippen molar-refractivity contribution in [3.8, 4) is 0 Å². The number of carbonyl (C=O) groups is 1. The minimum Gasteiger partial charge on any atom is -0.326 e. The lowest BCUT2D eigenvalue weighted by Crippen LogP contribution is -2.16. The lowest BCUT2D eigenvalue weighted by atomic mass is 10.1. The highest BCUT2D eigenvalue weighted by Gasteiger charge is 2.08. The summed E-state index contributed by atoms with van der Waals surface area (Å²) in [4.78, 5) is 12.0. The molecule has 5 heteroatoms. The Morgan fingerprint density at radius 1 is 1.35 bits per heavy atom. The van der Waals surface area contributed by atoms with E-state index in [-0.39, 0.29) is 5.91 Å². The van der Waals surface area contributed by atoms with Gasteiger partial charge in [0.25, 0.3) is 0 Å². The third kappa shape index (κ3) is 3.20. The fraction of sp³-hybridized carbons (Fsp3) is 0.333. The molecule has 0 saturated heterocycles. The predicted octanol–water partition coefficient (Wildman–Crippen LogP) is 3.49. The summed E-state index contributed by atoms with van der Waals surface area (Å²) in [5, 5.41) is 7.69. The number of hydrogen-bond acceptors (Lipinski definition) is 2. The summed E-state index contributed by atoms with van der Waals surface area (Å²) < 4.78 is 1.74. The minimum atomic E-state index is -0.0234. The van der Waals surface area contributed by atoms with E-state index in [9.17, 15) is 4.79 Å². The number of halogens is 1. The number of benzene rings is 1. The summed E-state index contributed by atoms with van der Waals surface area (Å²) in [6, 6.07) is 5.88. The van der Waals surface area contributed by atoms with Crippen LogP contribution in [0.1, 0.15) is 23.2 Å². The van der Waals surface area contributed by atoms with Gasteiger partial charge in [-0.15, -0.1) is 0 Å². The van der Waals surface area contributed by atoms with Gasteiger partial charge in [0, 0.05) is 12.1 Å². The first-order valence-corrected chi connectivity index (χ1v) is 6.91. The molecule has 0 aliphatic carbocycles. The second-order valence-electron chi connectivity index (χ2n) is 4.85. The smallest absolute Gasteiger partial charge is 0.226 e. The SMILES string of the molecule is Cc1cccc(NC(=O)CCn2ncc(Cl)c2C)c1C. The third-order valence-electron chi connectivity index (χ3n) is 3.47. The summed E-state index contributed by atoms with van der Waals surface area (Å²) in [5.41, 5.74) is 4.01. The van der Waals surface area contributed by atoms with Crippen LogP contribution in [0.3, 0.4) is 0 Å². The van der Waals surface area contributed by atoms with Gasteiger partial charge in [-0.3, -0.25) is 9.48 Å². The van der Waals surface area contributed by atoms with E-state index in [1.165, 1.54) is 0 Å². The highest BCUT2D eigenvalue weighted by Crippen LogP contribution is 2.18. The van der Waals surface area contributed by atoms with E-state index in [0.717, 1.165) is 22.5 Å². The Labute approximate surface area is 123 Å². The standard InChI is InChI=1S/C15H18ClN3O/c1-10-5-4-6-14(11(10)2)18-15(20)7-8-19-12(3)13(16)9-17-19/h4-6,9H,7-8H2,1-3H3,(H,18,20). The van der Waals surface area contributed by atoms with Gasteiger partial charge in [-0.05, 0) is 38.0 Å². The van der Waals surface area contributed by atoms with Gasteiger partial charge in [0.05, 0.1) is 23.5 Å². The summed E-state index contributed by atoms with van der Waals surface area (Å²) in [6.45, 7) is 6.44. The molecule has 0 spiro atoms. The highest BCUT2D eigenvalue weighted by atomic mass is 35.5. The Hall–Kier alpha value is -1.81. The average Bonchev–Trinajstić information content (AvgIpc) is 2.73. The molecule has 4 nitrogen and oxygen atoms in total. The molecule has 0 aliphatic heterocycles. The maximum atomic E-state index is 12.0. The number of amides is 1. The number of nitrogens with zero attached hydrogens (tertiary/aromatic N) is 2. The van der Waals surface area contributed by atoms with Crippen molar-refractivity contribution in [1.82, 2.24) is 9.78 Å². The number of aromatic nitrogens is 2. The second-order valence-corrected chi connectivity index (χ2v) is 5.25. The molecule has 0 saturated carbocycles. The van der Waals surface area contributed by atoms with Crippen LogP contribution in [0.4, 0.5) is 5.69 Å². The summed E-state index contributed by atoms with van der Waals surface area (Å²) in [5.74, 6) is -0.0234. The molecule has 2 rings (SSSR count). The van der Waals surface area contributed by atoms with Crippen LogP contribution in [0.5, 0.6) is 0 Å². The molecular formula is C15H18ClN3O. The highest BCUT2D eigenvalue weighted by molar-refractivity contribution is 6.31. The topological polar surface area (TPSA) is 46.9 Å². The van der Waals surface area contributed by atoms with Crippen molar-refractivity contribution >= 4 is 23.2 Å². The van der Waals surface area contributed by atoms with Gasteiger partial charge in [-0.25, -0.2) is 0 Å². The number of aryl methyl sites for hydroxylation is 2. The van der Waals surface area contributed by atoms with Crippen molar-refractivity contribution < 1.29 is 4.79 Å². The average molecular weight is 292 g/mol. The van der Waals surface area contributed by atoms with Crippen LogP contribution in [-0.4, -0.2) is 15.7 Å². The summed E-state index contributed by atoms with van der Waals surface area (Å²) in [7, 11) is 0. The van der Waals surface area contributed by atoms with Crippen LogP contribution in [0.2, 0.25) is 5.02 Å². The quantitative estimate of drug-likeness (QED) is 0.937. The molecule has 2 aromatic rings. The first-order chi connectivity index (χ1) is 9.49. The molecule has 1 amide bonds. The number of nitrogens with one attached hydrogen (secondary N) is 1. The van der Waals surface area contributed by atoms with Crippen LogP contribution < -0.4 is 5.32 Å². The van der Waals surface area contributed by atoms with Gasteiger partial charge in [-0.2, -0.15) is 5.10 Å². The summed E-state index contributed by atoms with van der Waals surface area (Å²) >= 11 is 5.93. The fourth-order valence-corrected chi connectivity index (χ4v) is 2.10. The van der Waals surface area contributed by atoms with Gasteiger partial charge in [0.1, 0.15) is 0 Å². The van der Waals surface area contributed by atoms with E-state index < -0.39 is 0 Å². The van der Waals surface area contributed by atoms with E-state index in [4.69, 9.17) is 11.6 Å². The number of anilines is 1. The van der Waals surface area contributed by atoms with E-state index >= 15 is 0 Å². The van der Waals surface area contributed by atoms with Gasteiger partial charge >= 0.3 is 0 Å². The van der Waals surface area contributed by atoms with Crippen LogP contribution in [0.15, 0.2) is 24.4 Å². The Bertz CT molecular complexity index is 634. The van der Waals surface area contributed by atoms with Crippen LogP contribution >= 0.6 is 11.6 Å². The Morgan fingerprint density at radius 3 is 2.75 bits per heavy atom. The van der Waals surface area contributed by atoms with Crippen LogP contribution in [-0.2, 0) is 11.3 Å². The molecule has 0 fully saturated rings. The molecule has 20 heavy (non-hydrogen) atoms. The molecule has 1 aromatic carbocycles. The molecule has 106 valence electrons. The van der Waals surface area contributed by atoms with Crippen molar-refractivity contribution in [1.29, 1.82) is 0 Å². The fourth-order valence-electron chi connectivity index (χ4n) is 1.96. The van der Waals surface area contributed by atoms with Gasteiger partial charge in [-0.1, -0.05) is 23.7 Å². The number of rotatable bonds is 4. The molecular weight excluding hydrogens is 274 g/mol. The Kier molecular flexibility index (Phi) is 4.45. The molecule has 1 aromatic heterocycles. The monoisotopic (exact) mass is 291 g/mol. The molecule has 1 heterocycles. The molecule has 0 atom stereocenters. The third-order valence-corrected chi connectivity index (χ3v) is 3.84. The zero-order chi connectivity index (χ0) is 14.7.